The molecule has 214 valence electrons. The molecule has 0 aliphatic carbocycles. The average Bonchev–Trinajstić information content (AvgIpc) is 3.42. The number of fused-ring (bicyclic) bond motifs is 1. The molecule has 42 heavy (non-hydrogen) atoms. The zero-order chi connectivity index (χ0) is 29.3. The van der Waals surface area contributed by atoms with E-state index in [2.05, 4.69) is 20.4 Å². The van der Waals surface area contributed by atoms with Crippen molar-refractivity contribution < 1.29 is 22.5 Å². The Hall–Kier alpha value is -5.00. The highest BCUT2D eigenvalue weighted by Gasteiger charge is 2.34. The van der Waals surface area contributed by atoms with E-state index in [4.69, 9.17) is 9.51 Å². The molecule has 1 aliphatic rings. The summed E-state index contributed by atoms with van der Waals surface area (Å²) in [6.07, 6.45) is -0.752. The molecule has 6 rings (SSSR count). The van der Waals surface area contributed by atoms with Crippen LogP contribution in [0.2, 0.25) is 0 Å². The van der Waals surface area contributed by atoms with Crippen LogP contribution >= 0.6 is 0 Å². The summed E-state index contributed by atoms with van der Waals surface area (Å²) in [5, 5.41) is 7.35. The Balaban J connectivity index is 1.27. The fraction of sp³-hybridized carbons (Fsp3) is 0.233. The standard InChI is InChI=1S/C30H26F3N7O2/c1-19-8-10-20(11-9-19)17-24-36-27(25-26(38-42-28(25)37-24)21-5-4-12-34-18-21)39-13-15-40(16-14-39)29(41)35-23-7-3-2-6-22(23)30(31,32)33/h2-12,18H,13-17H2,1H3,(H,35,41). The lowest BCUT2D eigenvalue weighted by Crippen LogP contribution is -2.50. The number of urea groups is 1. The molecule has 1 fully saturated rings. The second-order valence-electron chi connectivity index (χ2n) is 10.0. The van der Waals surface area contributed by atoms with Gasteiger partial charge >= 0.3 is 12.2 Å². The Morgan fingerprint density at radius 3 is 2.45 bits per heavy atom. The molecule has 0 unspecified atom stereocenters. The molecule has 2 amide bonds. The number of nitrogens with one attached hydrogen (secondary N) is 1. The third-order valence-corrected chi connectivity index (χ3v) is 7.12. The van der Waals surface area contributed by atoms with Gasteiger partial charge in [-0.15, -0.1) is 0 Å². The van der Waals surface area contributed by atoms with Crippen LogP contribution in [-0.4, -0.2) is 57.2 Å². The van der Waals surface area contributed by atoms with Crippen LogP contribution in [0.15, 0.2) is 77.6 Å². The number of amides is 2. The predicted octanol–water partition coefficient (Wildman–Crippen LogP) is 5.95. The van der Waals surface area contributed by atoms with Crippen LogP contribution in [0.1, 0.15) is 22.5 Å². The third-order valence-electron chi connectivity index (χ3n) is 7.12. The van der Waals surface area contributed by atoms with E-state index in [1.807, 2.05) is 42.2 Å². The average molecular weight is 574 g/mol. The maximum atomic E-state index is 13.4. The first kappa shape index (κ1) is 27.2. The van der Waals surface area contributed by atoms with Gasteiger partial charge in [0.2, 0.25) is 0 Å². The van der Waals surface area contributed by atoms with Gasteiger partial charge in [-0.2, -0.15) is 18.2 Å². The normalized spacial score (nSPS) is 13.9. The van der Waals surface area contributed by atoms with E-state index in [1.165, 1.54) is 23.1 Å². The van der Waals surface area contributed by atoms with Crippen molar-refractivity contribution in [2.24, 2.45) is 0 Å². The molecule has 0 bridgehead atoms. The number of rotatable bonds is 5. The van der Waals surface area contributed by atoms with Crippen LogP contribution < -0.4 is 10.2 Å². The number of anilines is 2. The van der Waals surface area contributed by atoms with E-state index in [9.17, 15) is 18.0 Å². The Labute approximate surface area is 239 Å². The summed E-state index contributed by atoms with van der Waals surface area (Å²) in [6.45, 7) is 3.34. The van der Waals surface area contributed by atoms with E-state index in [-0.39, 0.29) is 18.8 Å². The van der Waals surface area contributed by atoms with Gasteiger partial charge in [0.25, 0.3) is 5.71 Å². The third kappa shape index (κ3) is 5.60. The van der Waals surface area contributed by atoms with Gasteiger partial charge in [-0.1, -0.05) is 47.1 Å². The number of hydrogen-bond acceptors (Lipinski definition) is 7. The van der Waals surface area contributed by atoms with Crippen molar-refractivity contribution in [1.29, 1.82) is 0 Å². The van der Waals surface area contributed by atoms with Crippen molar-refractivity contribution in [3.8, 4) is 11.3 Å². The number of hydrogen-bond donors (Lipinski definition) is 1. The van der Waals surface area contributed by atoms with E-state index in [1.54, 1.807) is 18.5 Å². The number of carbonyl (C=O) groups is 1. The number of para-hydroxylation sites is 1. The minimum Gasteiger partial charge on any atom is -0.352 e. The van der Waals surface area contributed by atoms with Crippen LogP contribution in [0.5, 0.6) is 0 Å². The molecule has 0 atom stereocenters. The summed E-state index contributed by atoms with van der Waals surface area (Å²) in [5.41, 5.74) is 2.66. The van der Waals surface area contributed by atoms with Crippen molar-refractivity contribution in [1.82, 2.24) is 25.0 Å². The molecule has 12 heteroatoms. The molecule has 3 aromatic heterocycles. The highest BCUT2D eigenvalue weighted by Crippen LogP contribution is 2.36. The van der Waals surface area contributed by atoms with Gasteiger partial charge in [0.05, 0.1) is 11.3 Å². The van der Waals surface area contributed by atoms with Crippen molar-refractivity contribution in [2.45, 2.75) is 19.5 Å². The molecule has 9 nitrogen and oxygen atoms in total. The minimum atomic E-state index is -4.58. The van der Waals surface area contributed by atoms with Crippen molar-refractivity contribution >= 4 is 28.6 Å². The first-order chi connectivity index (χ1) is 20.3. The summed E-state index contributed by atoms with van der Waals surface area (Å²) in [5.74, 6) is 1.17. The zero-order valence-electron chi connectivity index (χ0n) is 22.6. The number of alkyl halides is 3. The van der Waals surface area contributed by atoms with Crippen LogP contribution in [-0.2, 0) is 12.6 Å². The summed E-state index contributed by atoms with van der Waals surface area (Å²) in [4.78, 5) is 30.2. The van der Waals surface area contributed by atoms with Crippen LogP contribution in [0.3, 0.4) is 0 Å². The Morgan fingerprint density at radius 2 is 1.74 bits per heavy atom. The molecule has 2 aromatic carbocycles. The van der Waals surface area contributed by atoms with E-state index >= 15 is 0 Å². The first-order valence-corrected chi connectivity index (χ1v) is 13.4. The topological polar surface area (TPSA) is 100 Å². The summed E-state index contributed by atoms with van der Waals surface area (Å²) >= 11 is 0. The first-order valence-electron chi connectivity index (χ1n) is 13.4. The lowest BCUT2D eigenvalue weighted by molar-refractivity contribution is -0.136. The van der Waals surface area contributed by atoms with Gasteiger partial charge in [0, 0.05) is 50.6 Å². The Kier molecular flexibility index (Phi) is 7.19. The number of halogens is 3. The zero-order valence-corrected chi connectivity index (χ0v) is 22.6. The summed E-state index contributed by atoms with van der Waals surface area (Å²) in [6, 6.07) is 16.1. The van der Waals surface area contributed by atoms with Gasteiger partial charge in [-0.25, -0.2) is 9.78 Å². The molecule has 1 aliphatic heterocycles. The molecule has 1 N–H and O–H groups in total. The van der Waals surface area contributed by atoms with Crippen molar-refractivity contribution in [3.05, 3.63) is 95.6 Å². The lowest BCUT2D eigenvalue weighted by atomic mass is 10.1. The molecule has 0 radical (unpaired) electrons. The summed E-state index contributed by atoms with van der Waals surface area (Å²) < 4.78 is 45.9. The fourth-order valence-electron chi connectivity index (χ4n) is 4.93. The Bertz CT molecular complexity index is 1720. The fourth-order valence-corrected chi connectivity index (χ4v) is 4.93. The number of benzene rings is 2. The van der Waals surface area contributed by atoms with Crippen molar-refractivity contribution in [3.63, 3.8) is 0 Å². The number of nitrogens with zero attached hydrogens (tertiary/aromatic N) is 6. The largest absolute Gasteiger partial charge is 0.418 e. The summed E-state index contributed by atoms with van der Waals surface area (Å²) in [7, 11) is 0. The van der Waals surface area contributed by atoms with E-state index in [0.29, 0.717) is 47.9 Å². The molecule has 5 aromatic rings. The smallest absolute Gasteiger partial charge is 0.352 e. The quantitative estimate of drug-likeness (QED) is 0.277. The van der Waals surface area contributed by atoms with Crippen LogP contribution in [0.25, 0.3) is 22.4 Å². The van der Waals surface area contributed by atoms with E-state index < -0.39 is 17.8 Å². The highest BCUT2D eigenvalue weighted by atomic mass is 19.4. The molecular formula is C30H26F3N7O2. The monoisotopic (exact) mass is 573 g/mol. The number of aromatic nitrogens is 4. The second-order valence-corrected chi connectivity index (χ2v) is 10.0. The molecule has 1 saturated heterocycles. The predicted molar refractivity (Wildman–Crippen MR) is 151 cm³/mol. The maximum absolute atomic E-state index is 13.4. The number of piperazine rings is 1. The molecule has 0 saturated carbocycles. The molecular weight excluding hydrogens is 547 g/mol. The lowest BCUT2D eigenvalue weighted by Gasteiger charge is -2.35. The minimum absolute atomic E-state index is 0.270. The number of carbonyl (C=O) groups excluding carboxylic acids is 1. The van der Waals surface area contributed by atoms with Gasteiger partial charge in [-0.05, 0) is 36.8 Å². The van der Waals surface area contributed by atoms with Crippen LogP contribution in [0, 0.1) is 6.92 Å². The van der Waals surface area contributed by atoms with Gasteiger partial charge in [0.1, 0.15) is 22.7 Å². The van der Waals surface area contributed by atoms with Gasteiger partial charge in [0.15, 0.2) is 0 Å². The van der Waals surface area contributed by atoms with Gasteiger partial charge < -0.3 is 19.6 Å². The SMILES string of the molecule is Cc1ccc(Cc2nc(N3CCN(C(=O)Nc4ccccc4C(F)(F)F)CC3)c3c(-c4cccnc4)noc3n2)cc1. The highest BCUT2D eigenvalue weighted by molar-refractivity contribution is 5.98. The maximum Gasteiger partial charge on any atom is 0.418 e. The molecule has 0 spiro atoms. The second kappa shape index (κ2) is 11.1. The van der Waals surface area contributed by atoms with Gasteiger partial charge in [-0.3, -0.25) is 4.98 Å². The Morgan fingerprint density at radius 1 is 0.976 bits per heavy atom. The number of aryl methyl sites for hydroxylation is 1. The number of pyridine rings is 1. The van der Waals surface area contributed by atoms with E-state index in [0.717, 1.165) is 22.8 Å². The molecule has 4 heterocycles. The van der Waals surface area contributed by atoms with Crippen LogP contribution in [0.4, 0.5) is 29.5 Å². The van der Waals surface area contributed by atoms with Crippen molar-refractivity contribution in [2.75, 3.05) is 36.4 Å².